The van der Waals surface area contributed by atoms with E-state index < -0.39 is 11.6 Å². The molecule has 6 heteroatoms. The second kappa shape index (κ2) is 5.69. The third kappa shape index (κ3) is 2.63. The summed E-state index contributed by atoms with van der Waals surface area (Å²) in [5, 5.41) is 4.33. The predicted octanol–water partition coefficient (Wildman–Crippen LogP) is 4.51. The zero-order valence-electron chi connectivity index (χ0n) is 11.3. The van der Waals surface area contributed by atoms with Gasteiger partial charge in [0.05, 0.1) is 28.3 Å². The molecule has 0 bridgehead atoms. The molecule has 0 unspecified atom stereocenters. The Bertz CT molecular complexity index is 858. The van der Waals surface area contributed by atoms with Gasteiger partial charge in [0.15, 0.2) is 0 Å². The average molecular weight is 318 g/mol. The van der Waals surface area contributed by atoms with Crippen LogP contribution in [-0.2, 0) is 0 Å². The van der Waals surface area contributed by atoms with Crippen molar-refractivity contribution in [2.75, 3.05) is 0 Å². The van der Waals surface area contributed by atoms with Crippen molar-refractivity contribution in [2.45, 2.75) is 0 Å². The standard InChI is InChI=1S/C16H10ClF2N3/c1-2-12-6-16(10-5-11(18)9-20-8-10)22(21-12)13-3-4-15(19)14(17)7-13/h2-9H,1H2. The van der Waals surface area contributed by atoms with Gasteiger partial charge in [-0.05, 0) is 36.4 Å². The average Bonchev–Trinajstić information content (AvgIpc) is 2.94. The van der Waals surface area contributed by atoms with Crippen molar-refractivity contribution in [3.8, 4) is 16.9 Å². The Hall–Kier alpha value is -2.53. The lowest BCUT2D eigenvalue weighted by Crippen LogP contribution is -2.00. The largest absolute Gasteiger partial charge is 0.261 e. The predicted molar refractivity (Wildman–Crippen MR) is 81.8 cm³/mol. The van der Waals surface area contributed by atoms with Gasteiger partial charge in [-0.1, -0.05) is 18.2 Å². The number of hydrogen-bond donors (Lipinski definition) is 0. The van der Waals surface area contributed by atoms with Crippen LogP contribution in [0, 0.1) is 11.6 Å². The normalized spacial score (nSPS) is 10.7. The molecule has 0 N–H and O–H groups in total. The first-order valence-corrected chi connectivity index (χ1v) is 6.75. The maximum absolute atomic E-state index is 13.4. The molecule has 0 spiro atoms. The minimum absolute atomic E-state index is 0.0172. The minimum atomic E-state index is -0.518. The monoisotopic (exact) mass is 317 g/mol. The van der Waals surface area contributed by atoms with Gasteiger partial charge in [0.1, 0.15) is 11.6 Å². The summed E-state index contributed by atoms with van der Waals surface area (Å²) in [7, 11) is 0. The molecular formula is C16H10ClF2N3. The zero-order valence-corrected chi connectivity index (χ0v) is 12.1. The highest BCUT2D eigenvalue weighted by Crippen LogP contribution is 2.26. The van der Waals surface area contributed by atoms with Crippen molar-refractivity contribution in [3.05, 3.63) is 71.7 Å². The summed E-state index contributed by atoms with van der Waals surface area (Å²) in [6.07, 6.45) is 4.21. The van der Waals surface area contributed by atoms with Gasteiger partial charge >= 0.3 is 0 Å². The Morgan fingerprint density at radius 1 is 1.14 bits per heavy atom. The Morgan fingerprint density at radius 2 is 1.95 bits per heavy atom. The van der Waals surface area contributed by atoms with Crippen LogP contribution in [-0.4, -0.2) is 14.8 Å². The van der Waals surface area contributed by atoms with E-state index in [1.807, 2.05) is 0 Å². The number of benzene rings is 1. The van der Waals surface area contributed by atoms with Crippen LogP contribution in [0.4, 0.5) is 8.78 Å². The number of rotatable bonds is 3. The van der Waals surface area contributed by atoms with Crippen LogP contribution in [0.5, 0.6) is 0 Å². The molecule has 2 aromatic heterocycles. The first-order chi connectivity index (χ1) is 10.6. The van der Waals surface area contributed by atoms with Crippen LogP contribution < -0.4 is 0 Å². The van der Waals surface area contributed by atoms with Gasteiger partial charge in [0.25, 0.3) is 0 Å². The van der Waals surface area contributed by atoms with Gasteiger partial charge in [-0.15, -0.1) is 0 Å². The Labute approximate surface area is 130 Å². The SMILES string of the molecule is C=Cc1cc(-c2cncc(F)c2)n(-c2ccc(F)c(Cl)c2)n1. The topological polar surface area (TPSA) is 30.7 Å². The van der Waals surface area contributed by atoms with Crippen LogP contribution in [0.1, 0.15) is 5.69 Å². The van der Waals surface area contributed by atoms with E-state index in [1.54, 1.807) is 16.8 Å². The molecule has 3 nitrogen and oxygen atoms in total. The van der Waals surface area contributed by atoms with Gasteiger partial charge in [0.2, 0.25) is 0 Å². The fraction of sp³-hybridized carbons (Fsp3) is 0. The minimum Gasteiger partial charge on any atom is -0.261 e. The summed E-state index contributed by atoms with van der Waals surface area (Å²) >= 11 is 5.82. The lowest BCUT2D eigenvalue weighted by Gasteiger charge is -2.08. The molecule has 2 heterocycles. The van der Waals surface area contributed by atoms with E-state index in [4.69, 9.17) is 11.6 Å². The molecule has 0 aliphatic rings. The van der Waals surface area contributed by atoms with Gasteiger partial charge in [-0.25, -0.2) is 13.5 Å². The maximum atomic E-state index is 13.4. The van der Waals surface area contributed by atoms with E-state index in [0.717, 1.165) is 6.20 Å². The highest BCUT2D eigenvalue weighted by atomic mass is 35.5. The lowest BCUT2D eigenvalue weighted by molar-refractivity contribution is 0.622. The second-order valence-electron chi connectivity index (χ2n) is 4.56. The smallest absolute Gasteiger partial charge is 0.142 e. The fourth-order valence-electron chi connectivity index (χ4n) is 2.07. The summed E-state index contributed by atoms with van der Waals surface area (Å²) in [6, 6.07) is 7.32. The Kier molecular flexibility index (Phi) is 3.73. The van der Waals surface area contributed by atoms with Crippen molar-refractivity contribution >= 4 is 17.7 Å². The third-order valence-electron chi connectivity index (χ3n) is 3.09. The van der Waals surface area contributed by atoms with E-state index in [9.17, 15) is 8.78 Å². The Balaban J connectivity index is 2.20. The van der Waals surface area contributed by atoms with Crippen molar-refractivity contribution in [2.24, 2.45) is 0 Å². The number of halogens is 3. The first-order valence-electron chi connectivity index (χ1n) is 6.37. The van der Waals surface area contributed by atoms with Gasteiger partial charge in [-0.2, -0.15) is 5.10 Å². The summed E-state index contributed by atoms with van der Waals surface area (Å²) < 4.78 is 28.3. The molecule has 0 aliphatic carbocycles. The van der Waals surface area contributed by atoms with E-state index in [-0.39, 0.29) is 5.02 Å². The van der Waals surface area contributed by atoms with Crippen molar-refractivity contribution in [3.63, 3.8) is 0 Å². The number of hydrogen-bond acceptors (Lipinski definition) is 2. The number of aromatic nitrogens is 3. The van der Waals surface area contributed by atoms with Gasteiger partial charge in [-0.3, -0.25) is 4.98 Å². The number of nitrogens with zero attached hydrogens (tertiary/aromatic N) is 3. The molecule has 0 aliphatic heterocycles. The molecule has 3 aromatic rings. The molecule has 22 heavy (non-hydrogen) atoms. The third-order valence-corrected chi connectivity index (χ3v) is 3.38. The highest BCUT2D eigenvalue weighted by molar-refractivity contribution is 6.30. The first kappa shape index (κ1) is 14.4. The molecule has 0 radical (unpaired) electrons. The maximum Gasteiger partial charge on any atom is 0.142 e. The number of pyridine rings is 1. The van der Waals surface area contributed by atoms with Gasteiger partial charge in [0, 0.05) is 11.8 Å². The van der Waals surface area contributed by atoms with E-state index in [2.05, 4.69) is 16.7 Å². The van der Waals surface area contributed by atoms with Crippen molar-refractivity contribution in [1.82, 2.24) is 14.8 Å². The summed E-state index contributed by atoms with van der Waals surface area (Å²) in [6.45, 7) is 3.67. The molecule has 0 amide bonds. The van der Waals surface area contributed by atoms with Crippen LogP contribution >= 0.6 is 11.6 Å². The summed E-state index contributed by atoms with van der Waals surface area (Å²) in [4.78, 5) is 3.83. The van der Waals surface area contributed by atoms with Crippen LogP contribution in [0.25, 0.3) is 23.0 Å². The van der Waals surface area contributed by atoms with Crippen molar-refractivity contribution in [1.29, 1.82) is 0 Å². The van der Waals surface area contributed by atoms with Crippen LogP contribution in [0.2, 0.25) is 5.02 Å². The second-order valence-corrected chi connectivity index (χ2v) is 4.97. The van der Waals surface area contributed by atoms with E-state index in [1.165, 1.54) is 30.5 Å². The fourth-order valence-corrected chi connectivity index (χ4v) is 2.25. The molecule has 0 atom stereocenters. The quantitative estimate of drug-likeness (QED) is 0.711. The molecule has 0 saturated heterocycles. The van der Waals surface area contributed by atoms with Gasteiger partial charge < -0.3 is 0 Å². The van der Waals surface area contributed by atoms with E-state index >= 15 is 0 Å². The van der Waals surface area contributed by atoms with Crippen LogP contribution in [0.3, 0.4) is 0 Å². The van der Waals surface area contributed by atoms with E-state index in [0.29, 0.717) is 22.6 Å². The zero-order chi connectivity index (χ0) is 15.7. The molecule has 1 aromatic carbocycles. The van der Waals surface area contributed by atoms with Crippen LogP contribution in [0.15, 0.2) is 49.3 Å². The highest BCUT2D eigenvalue weighted by Gasteiger charge is 2.13. The molecule has 3 rings (SSSR count). The summed E-state index contributed by atoms with van der Waals surface area (Å²) in [5.74, 6) is -0.974. The molecule has 0 saturated carbocycles. The molecule has 110 valence electrons. The molecule has 0 fully saturated rings. The van der Waals surface area contributed by atoms with Crippen molar-refractivity contribution < 1.29 is 8.78 Å². The summed E-state index contributed by atoms with van der Waals surface area (Å²) in [5.41, 5.74) is 2.30. The Morgan fingerprint density at radius 3 is 2.64 bits per heavy atom. The lowest BCUT2D eigenvalue weighted by atomic mass is 10.2. The molecular weight excluding hydrogens is 308 g/mol.